The van der Waals surface area contributed by atoms with Crippen molar-refractivity contribution >= 4 is 11.6 Å². The third-order valence-electron chi connectivity index (χ3n) is 2.83. The average molecular weight is 292 g/mol. The van der Waals surface area contributed by atoms with Crippen molar-refractivity contribution < 1.29 is 9.47 Å². The highest BCUT2D eigenvalue weighted by molar-refractivity contribution is 6.17. The van der Waals surface area contributed by atoms with Crippen molar-refractivity contribution in [3.05, 3.63) is 47.7 Å². The third kappa shape index (κ3) is 3.87. The molecule has 106 valence electrons. The molecule has 0 radical (unpaired) electrons. The van der Waals surface area contributed by atoms with E-state index in [0.717, 1.165) is 35.8 Å². The molecular weight excluding hydrogens is 274 g/mol. The summed E-state index contributed by atoms with van der Waals surface area (Å²) in [7, 11) is 0. The topological polar surface area (TPSA) is 31.4 Å². The molecule has 0 aliphatic carbocycles. The first-order chi connectivity index (χ1) is 9.72. The van der Waals surface area contributed by atoms with Crippen LogP contribution in [0.1, 0.15) is 24.6 Å². The van der Waals surface area contributed by atoms with Gasteiger partial charge in [0, 0.05) is 17.6 Å². The molecule has 0 spiro atoms. The lowest BCUT2D eigenvalue weighted by atomic mass is 10.2. The van der Waals surface area contributed by atoms with Crippen molar-refractivity contribution in [2.75, 3.05) is 6.61 Å². The number of aryl methyl sites for hydroxylation is 1. The molecule has 0 unspecified atom stereocenters. The molecule has 1 heterocycles. The van der Waals surface area contributed by atoms with Gasteiger partial charge in [-0.1, -0.05) is 13.0 Å². The van der Waals surface area contributed by atoms with Crippen LogP contribution in [0.25, 0.3) is 0 Å². The normalized spacial score (nSPS) is 10.3. The smallest absolute Gasteiger partial charge is 0.219 e. The third-order valence-corrected chi connectivity index (χ3v) is 3.12. The Morgan fingerprint density at radius 2 is 1.75 bits per heavy atom. The summed E-state index contributed by atoms with van der Waals surface area (Å²) >= 11 is 5.81. The van der Waals surface area contributed by atoms with Gasteiger partial charge in [0.1, 0.15) is 11.5 Å². The molecule has 0 fully saturated rings. The second-order valence-electron chi connectivity index (χ2n) is 4.45. The molecule has 4 heteroatoms. The van der Waals surface area contributed by atoms with Crippen LogP contribution in [0, 0.1) is 6.92 Å². The van der Waals surface area contributed by atoms with Crippen LogP contribution in [0.3, 0.4) is 0 Å². The molecule has 0 amide bonds. The number of halogens is 1. The highest BCUT2D eigenvalue weighted by Crippen LogP contribution is 2.23. The van der Waals surface area contributed by atoms with E-state index in [9.17, 15) is 0 Å². The average Bonchev–Trinajstić information content (AvgIpc) is 2.47. The number of nitrogens with zero attached hydrogens (tertiary/aromatic N) is 1. The Labute approximate surface area is 124 Å². The lowest BCUT2D eigenvalue weighted by Gasteiger charge is -2.08. The molecule has 0 aliphatic rings. The molecule has 1 aromatic heterocycles. The SMILES string of the molecule is CCCOc1ccc(Oc2ccc(CCl)c(C)n2)cc1. The van der Waals surface area contributed by atoms with E-state index >= 15 is 0 Å². The summed E-state index contributed by atoms with van der Waals surface area (Å²) in [5, 5.41) is 0. The van der Waals surface area contributed by atoms with Gasteiger partial charge in [0.15, 0.2) is 0 Å². The van der Waals surface area contributed by atoms with Crippen LogP contribution in [0.4, 0.5) is 0 Å². The Bertz CT molecular complexity index is 555. The standard InChI is InChI=1S/C16H18ClNO2/c1-3-10-19-14-5-7-15(8-6-14)20-16-9-4-13(11-17)12(2)18-16/h4-9H,3,10-11H2,1-2H3. The Morgan fingerprint density at radius 3 is 2.35 bits per heavy atom. The van der Waals surface area contributed by atoms with Crippen molar-refractivity contribution in [2.45, 2.75) is 26.1 Å². The highest BCUT2D eigenvalue weighted by atomic mass is 35.5. The molecule has 2 rings (SSSR count). The van der Waals surface area contributed by atoms with E-state index in [-0.39, 0.29) is 0 Å². The summed E-state index contributed by atoms with van der Waals surface area (Å²) in [4.78, 5) is 4.37. The van der Waals surface area contributed by atoms with Gasteiger partial charge >= 0.3 is 0 Å². The molecule has 0 aliphatic heterocycles. The lowest BCUT2D eigenvalue weighted by molar-refractivity contribution is 0.317. The van der Waals surface area contributed by atoms with Crippen LogP contribution in [0.5, 0.6) is 17.4 Å². The summed E-state index contributed by atoms with van der Waals surface area (Å²) in [6.45, 7) is 4.73. The molecule has 2 aromatic rings. The van der Waals surface area contributed by atoms with Crippen LogP contribution >= 0.6 is 11.6 Å². The van der Waals surface area contributed by atoms with Gasteiger partial charge in [-0.2, -0.15) is 0 Å². The fourth-order valence-electron chi connectivity index (χ4n) is 1.71. The maximum absolute atomic E-state index is 5.81. The van der Waals surface area contributed by atoms with Gasteiger partial charge in [0.2, 0.25) is 5.88 Å². The van der Waals surface area contributed by atoms with Crippen LogP contribution < -0.4 is 9.47 Å². The fraction of sp³-hybridized carbons (Fsp3) is 0.312. The zero-order chi connectivity index (χ0) is 14.4. The van der Waals surface area contributed by atoms with Crippen molar-refractivity contribution in [3.8, 4) is 17.4 Å². The summed E-state index contributed by atoms with van der Waals surface area (Å²) in [6, 6.07) is 11.3. The number of aromatic nitrogens is 1. The number of hydrogen-bond acceptors (Lipinski definition) is 3. The fourth-order valence-corrected chi connectivity index (χ4v) is 1.99. The molecule has 3 nitrogen and oxygen atoms in total. The quantitative estimate of drug-likeness (QED) is 0.722. The first-order valence-electron chi connectivity index (χ1n) is 6.66. The number of hydrogen-bond donors (Lipinski definition) is 0. The van der Waals surface area contributed by atoms with Crippen molar-refractivity contribution in [1.29, 1.82) is 0 Å². The van der Waals surface area contributed by atoms with Gasteiger partial charge in [-0.25, -0.2) is 4.98 Å². The van der Waals surface area contributed by atoms with Crippen LogP contribution in [0.2, 0.25) is 0 Å². The molecule has 0 saturated carbocycles. The van der Waals surface area contributed by atoms with Gasteiger partial charge in [0.05, 0.1) is 6.61 Å². The molecule has 0 N–H and O–H groups in total. The number of pyridine rings is 1. The number of rotatable bonds is 6. The summed E-state index contributed by atoms with van der Waals surface area (Å²) in [5.74, 6) is 2.61. The van der Waals surface area contributed by atoms with Crippen LogP contribution in [0.15, 0.2) is 36.4 Å². The van der Waals surface area contributed by atoms with Crippen LogP contribution in [-0.4, -0.2) is 11.6 Å². The second kappa shape index (κ2) is 7.15. The van der Waals surface area contributed by atoms with Gasteiger partial charge < -0.3 is 9.47 Å². The Kier molecular flexibility index (Phi) is 5.24. The number of ether oxygens (including phenoxy) is 2. The Morgan fingerprint density at radius 1 is 1.05 bits per heavy atom. The number of alkyl halides is 1. The first-order valence-corrected chi connectivity index (χ1v) is 7.19. The largest absolute Gasteiger partial charge is 0.494 e. The van der Waals surface area contributed by atoms with Crippen molar-refractivity contribution in [2.24, 2.45) is 0 Å². The monoisotopic (exact) mass is 291 g/mol. The summed E-state index contributed by atoms with van der Waals surface area (Å²) < 4.78 is 11.2. The Hall–Kier alpha value is -1.74. The molecule has 0 bridgehead atoms. The minimum Gasteiger partial charge on any atom is -0.494 e. The van der Waals surface area contributed by atoms with E-state index in [1.54, 1.807) is 0 Å². The maximum Gasteiger partial charge on any atom is 0.219 e. The van der Waals surface area contributed by atoms with Gasteiger partial charge in [-0.15, -0.1) is 11.6 Å². The molecule has 0 atom stereocenters. The van der Waals surface area contributed by atoms with E-state index in [4.69, 9.17) is 21.1 Å². The summed E-state index contributed by atoms with van der Waals surface area (Å²) in [6.07, 6.45) is 0.994. The lowest BCUT2D eigenvalue weighted by Crippen LogP contribution is -1.95. The van der Waals surface area contributed by atoms with E-state index in [2.05, 4.69) is 11.9 Å². The molecule has 0 saturated heterocycles. The predicted molar refractivity (Wildman–Crippen MR) is 80.8 cm³/mol. The van der Waals surface area contributed by atoms with E-state index in [0.29, 0.717) is 11.8 Å². The minimum absolute atomic E-state index is 0.461. The van der Waals surface area contributed by atoms with Gasteiger partial charge in [-0.05, 0) is 43.2 Å². The first kappa shape index (κ1) is 14.7. The maximum atomic E-state index is 5.81. The van der Waals surface area contributed by atoms with E-state index in [1.165, 1.54) is 0 Å². The van der Waals surface area contributed by atoms with E-state index in [1.807, 2.05) is 43.3 Å². The van der Waals surface area contributed by atoms with E-state index < -0.39 is 0 Å². The zero-order valence-electron chi connectivity index (χ0n) is 11.7. The summed E-state index contributed by atoms with van der Waals surface area (Å²) in [5.41, 5.74) is 1.91. The zero-order valence-corrected chi connectivity index (χ0v) is 12.5. The van der Waals surface area contributed by atoms with Gasteiger partial charge in [0.25, 0.3) is 0 Å². The van der Waals surface area contributed by atoms with Crippen molar-refractivity contribution in [1.82, 2.24) is 4.98 Å². The van der Waals surface area contributed by atoms with Crippen molar-refractivity contribution in [3.63, 3.8) is 0 Å². The minimum atomic E-state index is 0.461. The molecule has 20 heavy (non-hydrogen) atoms. The second-order valence-corrected chi connectivity index (χ2v) is 4.72. The highest BCUT2D eigenvalue weighted by Gasteiger charge is 2.03. The molecule has 1 aromatic carbocycles. The van der Waals surface area contributed by atoms with Crippen LogP contribution in [-0.2, 0) is 5.88 Å². The predicted octanol–water partition coefficient (Wildman–Crippen LogP) is 4.71. The Balaban J connectivity index is 2.04. The van der Waals surface area contributed by atoms with Gasteiger partial charge in [-0.3, -0.25) is 0 Å². The number of benzene rings is 1. The molecular formula is C16H18ClNO2.